The monoisotopic (exact) mass is 855 g/mol. The van der Waals surface area contributed by atoms with Gasteiger partial charge in [-0.25, -0.2) is 4.79 Å². The molecule has 9 heteroatoms. The number of rotatable bonds is 48. The lowest BCUT2D eigenvalue weighted by Crippen LogP contribution is -2.40. The summed E-state index contributed by atoms with van der Waals surface area (Å²) in [5.74, 6) is -1.98. The van der Waals surface area contributed by atoms with Gasteiger partial charge in [-0.1, -0.05) is 226 Å². The minimum Gasteiger partial charge on any atom is -0.477 e. The van der Waals surface area contributed by atoms with E-state index in [1.165, 1.54) is 186 Å². The highest BCUT2D eigenvalue weighted by Crippen LogP contribution is 2.17. The fourth-order valence-electron chi connectivity index (χ4n) is 7.60. The summed E-state index contributed by atoms with van der Waals surface area (Å²) in [5.41, 5.74) is 0. The summed E-state index contributed by atoms with van der Waals surface area (Å²) < 4.78 is 22.8. The van der Waals surface area contributed by atoms with Crippen LogP contribution in [0.25, 0.3) is 0 Å². The average molecular weight is 855 g/mol. The van der Waals surface area contributed by atoms with Gasteiger partial charge in [0.05, 0.1) is 34.4 Å². The number of aliphatic carboxylic acids is 1. The zero-order valence-electron chi connectivity index (χ0n) is 40.4. The van der Waals surface area contributed by atoms with Crippen molar-refractivity contribution in [1.29, 1.82) is 0 Å². The van der Waals surface area contributed by atoms with Crippen LogP contribution in [0.5, 0.6) is 0 Å². The van der Waals surface area contributed by atoms with Gasteiger partial charge < -0.3 is 28.5 Å². The smallest absolute Gasteiger partial charge is 0.361 e. The van der Waals surface area contributed by atoms with Gasteiger partial charge >= 0.3 is 17.9 Å². The van der Waals surface area contributed by atoms with Crippen molar-refractivity contribution in [3.63, 3.8) is 0 Å². The van der Waals surface area contributed by atoms with Crippen molar-refractivity contribution in [2.75, 3.05) is 47.5 Å². The van der Waals surface area contributed by atoms with Crippen LogP contribution in [0.2, 0.25) is 0 Å². The number of quaternary nitrogens is 1. The number of carboxylic acid groups (broad SMARTS) is 1. The maximum absolute atomic E-state index is 12.8. The molecule has 0 aliphatic heterocycles. The van der Waals surface area contributed by atoms with Crippen LogP contribution in [0.15, 0.2) is 0 Å². The Kier molecular flexibility index (Phi) is 42.7. The molecule has 0 aromatic carbocycles. The quantitative estimate of drug-likeness (QED) is 0.0279. The highest BCUT2D eigenvalue weighted by atomic mass is 16.7. The Hall–Kier alpha value is -1.71. The Balaban J connectivity index is 4.18. The molecule has 2 unspecified atom stereocenters. The van der Waals surface area contributed by atoms with Crippen LogP contribution >= 0.6 is 0 Å². The summed E-state index contributed by atoms with van der Waals surface area (Å²) >= 11 is 0. The van der Waals surface area contributed by atoms with E-state index in [2.05, 4.69) is 13.8 Å². The molecule has 0 bridgehead atoms. The Morgan fingerprint density at radius 3 is 1.07 bits per heavy atom. The second kappa shape index (κ2) is 43.9. The molecule has 0 aliphatic rings. The topological polar surface area (TPSA) is 108 Å². The number of unbranched alkanes of at least 4 members (excludes halogenated alkanes) is 33. The van der Waals surface area contributed by atoms with E-state index < -0.39 is 18.4 Å². The lowest BCUT2D eigenvalue weighted by Gasteiger charge is -2.25. The van der Waals surface area contributed by atoms with Gasteiger partial charge in [0.2, 0.25) is 0 Å². The van der Waals surface area contributed by atoms with Crippen molar-refractivity contribution in [3.8, 4) is 0 Å². The number of nitrogens with zero attached hydrogens (tertiary/aromatic N) is 1. The van der Waals surface area contributed by atoms with E-state index in [1.54, 1.807) is 0 Å². The highest BCUT2D eigenvalue weighted by molar-refractivity contribution is 5.71. The lowest BCUT2D eigenvalue weighted by atomic mass is 10.0. The Morgan fingerprint density at radius 1 is 0.433 bits per heavy atom. The van der Waals surface area contributed by atoms with Crippen LogP contribution in [0, 0.1) is 0 Å². The van der Waals surface area contributed by atoms with Gasteiger partial charge in [-0.05, 0) is 12.8 Å². The van der Waals surface area contributed by atoms with Crippen molar-refractivity contribution in [2.24, 2.45) is 0 Å². The van der Waals surface area contributed by atoms with Crippen LogP contribution in [0.1, 0.15) is 251 Å². The summed E-state index contributed by atoms with van der Waals surface area (Å²) in [5, 5.41) is 9.65. The molecule has 0 aromatic heterocycles. The maximum Gasteiger partial charge on any atom is 0.361 e. The van der Waals surface area contributed by atoms with Gasteiger partial charge in [-0.2, -0.15) is 0 Å². The molecular weight excluding hydrogens is 755 g/mol. The molecule has 0 saturated carbocycles. The molecule has 1 N–H and O–H groups in total. The van der Waals surface area contributed by atoms with E-state index in [4.69, 9.17) is 18.9 Å². The van der Waals surface area contributed by atoms with Gasteiger partial charge in [0.25, 0.3) is 6.29 Å². The normalized spacial score (nSPS) is 12.8. The fraction of sp³-hybridized carbons (Fsp3) is 0.941. The molecule has 0 fully saturated rings. The molecule has 356 valence electrons. The summed E-state index contributed by atoms with van der Waals surface area (Å²) in [6.07, 6.45) is 43.2. The van der Waals surface area contributed by atoms with Gasteiger partial charge in [0.15, 0.2) is 6.10 Å². The van der Waals surface area contributed by atoms with Crippen molar-refractivity contribution in [3.05, 3.63) is 0 Å². The number of esters is 2. The molecule has 0 amide bonds. The van der Waals surface area contributed by atoms with Crippen molar-refractivity contribution >= 4 is 17.9 Å². The average Bonchev–Trinajstić information content (AvgIpc) is 3.21. The second-order valence-electron chi connectivity index (χ2n) is 18.9. The molecule has 0 heterocycles. The third-order valence-corrected chi connectivity index (χ3v) is 11.6. The van der Waals surface area contributed by atoms with Crippen LogP contribution in [0.4, 0.5) is 0 Å². The number of ether oxygens (including phenoxy) is 4. The largest absolute Gasteiger partial charge is 0.477 e. The summed E-state index contributed by atoms with van der Waals surface area (Å²) in [6.45, 7) is 4.91. The lowest BCUT2D eigenvalue weighted by molar-refractivity contribution is -0.870. The third kappa shape index (κ3) is 44.3. The summed E-state index contributed by atoms with van der Waals surface area (Å²) in [7, 11) is 5.97. The number of carboxylic acids is 1. The van der Waals surface area contributed by atoms with E-state index in [0.29, 0.717) is 17.4 Å². The van der Waals surface area contributed by atoms with Crippen LogP contribution in [0.3, 0.4) is 0 Å². The predicted molar refractivity (Wildman–Crippen MR) is 249 cm³/mol. The Bertz CT molecular complexity index is 954. The number of carbonyl (C=O) groups is 3. The first-order valence-electron chi connectivity index (χ1n) is 25.7. The molecular formula is C51H100NO8+. The Morgan fingerprint density at radius 2 is 0.750 bits per heavy atom. The van der Waals surface area contributed by atoms with Gasteiger partial charge in [-0.15, -0.1) is 0 Å². The molecule has 9 nitrogen and oxygen atoms in total. The molecule has 0 aliphatic carbocycles. The number of likely N-dealkylation sites (N-methyl/N-ethyl adjacent to an activating group) is 1. The first-order valence-corrected chi connectivity index (χ1v) is 25.7. The highest BCUT2D eigenvalue weighted by Gasteiger charge is 2.25. The molecule has 2 atom stereocenters. The van der Waals surface area contributed by atoms with E-state index in [1.807, 2.05) is 21.1 Å². The third-order valence-electron chi connectivity index (χ3n) is 11.6. The first-order chi connectivity index (χ1) is 29.1. The number of carbonyl (C=O) groups excluding carboxylic acids is 2. The number of hydrogen-bond donors (Lipinski definition) is 1. The molecule has 0 spiro atoms. The van der Waals surface area contributed by atoms with E-state index >= 15 is 0 Å². The van der Waals surface area contributed by atoms with E-state index in [-0.39, 0.29) is 38.2 Å². The van der Waals surface area contributed by atoms with E-state index in [0.717, 1.165) is 38.5 Å². The van der Waals surface area contributed by atoms with Gasteiger partial charge in [0, 0.05) is 12.8 Å². The fourth-order valence-corrected chi connectivity index (χ4v) is 7.60. The van der Waals surface area contributed by atoms with Crippen LogP contribution in [-0.4, -0.2) is 87.4 Å². The van der Waals surface area contributed by atoms with Gasteiger partial charge in [-0.3, -0.25) is 9.59 Å². The number of hydrogen-bond acceptors (Lipinski definition) is 7. The zero-order valence-corrected chi connectivity index (χ0v) is 40.4. The van der Waals surface area contributed by atoms with Crippen molar-refractivity contribution in [2.45, 2.75) is 264 Å². The first kappa shape index (κ1) is 58.3. The van der Waals surface area contributed by atoms with Crippen molar-refractivity contribution in [1.82, 2.24) is 0 Å². The second-order valence-corrected chi connectivity index (χ2v) is 18.9. The van der Waals surface area contributed by atoms with Crippen LogP contribution in [-0.2, 0) is 33.3 Å². The molecule has 0 radical (unpaired) electrons. The zero-order chi connectivity index (χ0) is 44.2. The summed E-state index contributed by atoms with van der Waals surface area (Å²) in [6, 6.07) is 0. The Labute approximate surface area is 371 Å². The summed E-state index contributed by atoms with van der Waals surface area (Å²) in [4.78, 5) is 37.2. The van der Waals surface area contributed by atoms with Gasteiger partial charge in [0.1, 0.15) is 13.2 Å². The molecule has 0 rings (SSSR count). The standard InChI is InChI=1S/C51H99NO8/c1-6-8-10-12-14-16-18-19-20-21-22-23-24-25-26-27-28-29-30-32-34-36-38-40-42-49(54)60-47(46-59-51(50(55)56)57-44-43-52(3,4)5)45-58-48(53)41-39-37-35-33-31-17-15-13-11-9-7-2/h47,51H,6-46H2,1-5H3/p+1. The molecule has 0 saturated heterocycles. The van der Waals surface area contributed by atoms with E-state index in [9.17, 15) is 19.5 Å². The predicted octanol–water partition coefficient (Wildman–Crippen LogP) is 14.1. The van der Waals surface area contributed by atoms with Crippen molar-refractivity contribution < 1.29 is 42.9 Å². The van der Waals surface area contributed by atoms with Crippen LogP contribution < -0.4 is 0 Å². The minimum atomic E-state index is -1.50. The SMILES string of the molecule is CCCCCCCCCCCCCCCCCCCCCCCCCCC(=O)OC(COC(=O)CCCCCCCCCCCCC)COC(OCC[N+](C)(C)C)C(=O)O. The molecule has 0 aromatic rings. The minimum absolute atomic E-state index is 0.173. The molecule has 60 heavy (non-hydrogen) atoms. The maximum atomic E-state index is 12.8.